The Kier molecular flexibility index (Phi) is 3.54. The SMILES string of the molecule is CSc1ccc(Sc2ccc3nsnc3c2)cc1. The smallest absolute Gasteiger partial charge is 0.105 e. The van der Waals surface area contributed by atoms with Gasteiger partial charge in [0.1, 0.15) is 11.0 Å². The minimum absolute atomic E-state index is 0.974. The van der Waals surface area contributed by atoms with Crippen LogP contribution in [0.3, 0.4) is 0 Å². The zero-order chi connectivity index (χ0) is 12.4. The highest BCUT2D eigenvalue weighted by Gasteiger charge is 2.02. The Hall–Kier alpha value is -1.04. The maximum Gasteiger partial charge on any atom is 0.105 e. The number of nitrogens with zero attached hydrogens (tertiary/aromatic N) is 2. The Bertz CT molecular complexity index is 661. The average Bonchev–Trinajstić information content (AvgIpc) is 2.87. The summed E-state index contributed by atoms with van der Waals surface area (Å²) in [5.74, 6) is 0. The van der Waals surface area contributed by atoms with E-state index < -0.39 is 0 Å². The largest absolute Gasteiger partial charge is 0.173 e. The molecule has 1 heterocycles. The van der Waals surface area contributed by atoms with Crippen LogP contribution >= 0.6 is 35.3 Å². The zero-order valence-electron chi connectivity index (χ0n) is 9.66. The Morgan fingerprint density at radius 1 is 0.833 bits per heavy atom. The van der Waals surface area contributed by atoms with E-state index in [2.05, 4.69) is 51.4 Å². The first kappa shape index (κ1) is 12.0. The summed E-state index contributed by atoms with van der Waals surface area (Å²) in [6, 6.07) is 14.8. The number of benzene rings is 2. The summed E-state index contributed by atoms with van der Waals surface area (Å²) in [6.07, 6.45) is 2.09. The van der Waals surface area contributed by atoms with Crippen molar-refractivity contribution in [3.8, 4) is 0 Å². The molecule has 0 atom stereocenters. The van der Waals surface area contributed by atoms with E-state index in [1.165, 1.54) is 26.4 Å². The number of rotatable bonds is 3. The standard InChI is InChI=1S/C13H10N2S3/c1-16-9-2-4-10(5-3-9)17-11-6-7-12-13(8-11)15-18-14-12/h2-8H,1H3. The van der Waals surface area contributed by atoms with Crippen molar-refractivity contribution in [2.75, 3.05) is 6.26 Å². The molecule has 2 aromatic carbocycles. The van der Waals surface area contributed by atoms with Crippen molar-refractivity contribution in [3.05, 3.63) is 42.5 Å². The van der Waals surface area contributed by atoms with Gasteiger partial charge in [-0.3, -0.25) is 0 Å². The zero-order valence-corrected chi connectivity index (χ0v) is 12.1. The van der Waals surface area contributed by atoms with Crippen LogP contribution in [-0.4, -0.2) is 15.0 Å². The molecule has 0 amide bonds. The van der Waals surface area contributed by atoms with Gasteiger partial charge in [0.05, 0.1) is 11.7 Å². The van der Waals surface area contributed by atoms with Crippen LogP contribution in [0.25, 0.3) is 11.0 Å². The average molecular weight is 290 g/mol. The molecule has 3 aromatic rings. The van der Waals surface area contributed by atoms with Crippen molar-refractivity contribution < 1.29 is 0 Å². The maximum absolute atomic E-state index is 4.26. The number of hydrogen-bond acceptors (Lipinski definition) is 5. The third kappa shape index (κ3) is 2.53. The molecular formula is C13H10N2S3. The predicted molar refractivity (Wildman–Crippen MR) is 79.8 cm³/mol. The molecule has 90 valence electrons. The molecule has 5 heteroatoms. The number of hydrogen-bond donors (Lipinski definition) is 0. The van der Waals surface area contributed by atoms with Crippen LogP contribution < -0.4 is 0 Å². The first-order valence-corrected chi connectivity index (χ1v) is 8.16. The van der Waals surface area contributed by atoms with Gasteiger partial charge in [0.15, 0.2) is 0 Å². The topological polar surface area (TPSA) is 25.8 Å². The molecule has 0 saturated carbocycles. The molecule has 1 aromatic heterocycles. The molecule has 0 radical (unpaired) electrons. The first-order valence-electron chi connectivity index (χ1n) is 5.39. The Balaban J connectivity index is 1.85. The number of fused-ring (bicyclic) bond motifs is 1. The normalized spacial score (nSPS) is 10.9. The lowest BCUT2D eigenvalue weighted by Gasteiger charge is -2.02. The summed E-state index contributed by atoms with van der Waals surface area (Å²) >= 11 is 4.77. The van der Waals surface area contributed by atoms with Gasteiger partial charge in [0, 0.05) is 14.7 Å². The Labute approximate surface area is 118 Å². The molecule has 0 aliphatic carbocycles. The van der Waals surface area contributed by atoms with Crippen molar-refractivity contribution in [2.45, 2.75) is 14.7 Å². The van der Waals surface area contributed by atoms with Gasteiger partial charge >= 0.3 is 0 Å². The third-order valence-electron chi connectivity index (χ3n) is 2.52. The van der Waals surface area contributed by atoms with Gasteiger partial charge in [-0.25, -0.2) is 0 Å². The fourth-order valence-electron chi connectivity index (χ4n) is 1.61. The van der Waals surface area contributed by atoms with Crippen molar-refractivity contribution in [1.29, 1.82) is 0 Å². The molecule has 3 rings (SSSR count). The van der Waals surface area contributed by atoms with Crippen LogP contribution in [0.5, 0.6) is 0 Å². The minimum atomic E-state index is 0.974. The van der Waals surface area contributed by atoms with E-state index in [0.29, 0.717) is 0 Å². The molecule has 0 saturated heterocycles. The first-order chi connectivity index (χ1) is 8.85. The molecule has 0 aliphatic heterocycles. The third-order valence-corrected chi connectivity index (χ3v) is 4.82. The molecule has 0 aliphatic rings. The van der Waals surface area contributed by atoms with Gasteiger partial charge in [-0.05, 0) is 48.7 Å². The van der Waals surface area contributed by atoms with E-state index >= 15 is 0 Å². The van der Waals surface area contributed by atoms with Gasteiger partial charge in [0.2, 0.25) is 0 Å². The van der Waals surface area contributed by atoms with Crippen LogP contribution in [0, 0.1) is 0 Å². The molecule has 0 N–H and O–H groups in total. The van der Waals surface area contributed by atoms with E-state index in [1.807, 2.05) is 6.07 Å². The fourth-order valence-corrected chi connectivity index (χ4v) is 3.38. The lowest BCUT2D eigenvalue weighted by Crippen LogP contribution is -1.76. The number of thioether (sulfide) groups is 1. The predicted octanol–water partition coefficient (Wildman–Crippen LogP) is 4.56. The van der Waals surface area contributed by atoms with Gasteiger partial charge in [-0.15, -0.1) is 11.8 Å². The molecule has 18 heavy (non-hydrogen) atoms. The van der Waals surface area contributed by atoms with Gasteiger partial charge < -0.3 is 0 Å². The van der Waals surface area contributed by atoms with Crippen LogP contribution in [0.2, 0.25) is 0 Å². The summed E-state index contributed by atoms with van der Waals surface area (Å²) in [4.78, 5) is 3.74. The second-order valence-electron chi connectivity index (χ2n) is 3.69. The monoisotopic (exact) mass is 290 g/mol. The number of aromatic nitrogens is 2. The second kappa shape index (κ2) is 5.30. The highest BCUT2D eigenvalue weighted by atomic mass is 32.2. The molecule has 2 nitrogen and oxygen atoms in total. The Morgan fingerprint density at radius 2 is 1.50 bits per heavy atom. The van der Waals surface area contributed by atoms with E-state index in [9.17, 15) is 0 Å². The van der Waals surface area contributed by atoms with Crippen molar-refractivity contribution >= 4 is 46.3 Å². The van der Waals surface area contributed by atoms with Crippen molar-refractivity contribution in [3.63, 3.8) is 0 Å². The van der Waals surface area contributed by atoms with Crippen LogP contribution in [0.15, 0.2) is 57.2 Å². The lowest BCUT2D eigenvalue weighted by atomic mass is 10.3. The van der Waals surface area contributed by atoms with Gasteiger partial charge in [-0.1, -0.05) is 11.8 Å². The van der Waals surface area contributed by atoms with E-state index in [1.54, 1.807) is 23.5 Å². The molecule has 0 fully saturated rings. The highest BCUT2D eigenvalue weighted by molar-refractivity contribution is 7.99. The summed E-state index contributed by atoms with van der Waals surface area (Å²) in [6.45, 7) is 0. The van der Waals surface area contributed by atoms with Gasteiger partial charge in [-0.2, -0.15) is 8.75 Å². The van der Waals surface area contributed by atoms with E-state index in [0.717, 1.165) is 11.0 Å². The highest BCUT2D eigenvalue weighted by Crippen LogP contribution is 2.30. The summed E-state index contributed by atoms with van der Waals surface area (Å²) < 4.78 is 8.47. The fraction of sp³-hybridized carbons (Fsp3) is 0.0769. The van der Waals surface area contributed by atoms with Crippen LogP contribution in [0.1, 0.15) is 0 Å². The Morgan fingerprint density at radius 3 is 2.28 bits per heavy atom. The lowest BCUT2D eigenvalue weighted by molar-refractivity contribution is 1.34. The van der Waals surface area contributed by atoms with E-state index in [-0.39, 0.29) is 0 Å². The molecular weight excluding hydrogens is 280 g/mol. The van der Waals surface area contributed by atoms with Crippen LogP contribution in [0.4, 0.5) is 0 Å². The van der Waals surface area contributed by atoms with Crippen molar-refractivity contribution in [1.82, 2.24) is 8.75 Å². The molecule has 0 spiro atoms. The summed E-state index contributed by atoms with van der Waals surface area (Å²) in [5.41, 5.74) is 1.95. The minimum Gasteiger partial charge on any atom is -0.173 e. The van der Waals surface area contributed by atoms with E-state index in [4.69, 9.17) is 0 Å². The molecule has 0 bridgehead atoms. The quantitative estimate of drug-likeness (QED) is 0.660. The molecule has 0 unspecified atom stereocenters. The van der Waals surface area contributed by atoms with Crippen LogP contribution in [-0.2, 0) is 0 Å². The van der Waals surface area contributed by atoms with Gasteiger partial charge in [0.25, 0.3) is 0 Å². The maximum atomic E-state index is 4.26. The summed E-state index contributed by atoms with van der Waals surface area (Å²) in [7, 11) is 0. The van der Waals surface area contributed by atoms with Crippen molar-refractivity contribution in [2.24, 2.45) is 0 Å². The summed E-state index contributed by atoms with van der Waals surface area (Å²) in [5, 5.41) is 0. The second-order valence-corrected chi connectivity index (χ2v) is 6.25.